The van der Waals surface area contributed by atoms with Crippen LogP contribution in [0, 0.1) is 5.82 Å². The molecule has 0 radical (unpaired) electrons. The molecule has 2 nitrogen and oxygen atoms in total. The van der Waals surface area contributed by atoms with E-state index in [1.807, 2.05) is 0 Å². The van der Waals surface area contributed by atoms with E-state index in [4.69, 9.17) is 4.84 Å². The van der Waals surface area contributed by atoms with Crippen molar-refractivity contribution in [3.05, 3.63) is 71.0 Å². The predicted octanol–water partition coefficient (Wildman–Crippen LogP) is 4.40. The first-order valence-corrected chi connectivity index (χ1v) is 6.03. The molecule has 2 rings (SSSR count). The number of halogens is 4. The molecule has 0 heterocycles. The van der Waals surface area contributed by atoms with E-state index in [1.165, 1.54) is 36.5 Å². The van der Waals surface area contributed by atoms with E-state index in [1.54, 1.807) is 6.07 Å². The predicted molar refractivity (Wildman–Crippen MR) is 70.2 cm³/mol. The molecular formula is C15H11F4NO. The van der Waals surface area contributed by atoms with Gasteiger partial charge in [0, 0.05) is 5.56 Å². The Kier molecular flexibility index (Phi) is 4.57. The zero-order chi connectivity index (χ0) is 15.3. The van der Waals surface area contributed by atoms with Gasteiger partial charge < -0.3 is 4.84 Å². The summed E-state index contributed by atoms with van der Waals surface area (Å²) >= 11 is 0. The van der Waals surface area contributed by atoms with Crippen molar-refractivity contribution < 1.29 is 22.4 Å². The van der Waals surface area contributed by atoms with Gasteiger partial charge in [0.25, 0.3) is 0 Å². The Hall–Kier alpha value is -2.37. The van der Waals surface area contributed by atoms with Crippen molar-refractivity contribution in [2.45, 2.75) is 12.8 Å². The van der Waals surface area contributed by atoms with Gasteiger partial charge in [-0.1, -0.05) is 35.5 Å². The number of oxime groups is 1. The van der Waals surface area contributed by atoms with Crippen molar-refractivity contribution in [3.8, 4) is 0 Å². The van der Waals surface area contributed by atoms with Gasteiger partial charge in [-0.15, -0.1) is 0 Å². The van der Waals surface area contributed by atoms with Crippen LogP contribution in [0.3, 0.4) is 0 Å². The summed E-state index contributed by atoms with van der Waals surface area (Å²) in [6, 6.07) is 10.7. The quantitative estimate of drug-likeness (QED) is 0.466. The summed E-state index contributed by atoms with van der Waals surface area (Å²) in [4.78, 5) is 4.88. The summed E-state index contributed by atoms with van der Waals surface area (Å²) < 4.78 is 50.8. The monoisotopic (exact) mass is 297 g/mol. The standard InChI is InChI=1S/C15H11F4NO/c16-14-7-2-1-5-12(14)9-20-21-10-11-4-3-6-13(8-11)15(17,18)19/h1-9H,10H2. The molecule has 0 bridgehead atoms. The molecule has 0 saturated heterocycles. The van der Waals surface area contributed by atoms with Gasteiger partial charge in [0.2, 0.25) is 0 Å². The van der Waals surface area contributed by atoms with Gasteiger partial charge in [-0.3, -0.25) is 0 Å². The molecule has 0 aliphatic carbocycles. The van der Waals surface area contributed by atoms with Gasteiger partial charge in [-0.2, -0.15) is 13.2 Å². The molecule has 0 spiro atoms. The smallest absolute Gasteiger partial charge is 0.391 e. The van der Waals surface area contributed by atoms with E-state index in [0.29, 0.717) is 5.56 Å². The Balaban J connectivity index is 1.97. The third kappa shape index (κ3) is 4.30. The summed E-state index contributed by atoms with van der Waals surface area (Å²) in [5.74, 6) is -0.455. The number of hydrogen-bond acceptors (Lipinski definition) is 2. The molecule has 0 aliphatic heterocycles. The lowest BCUT2D eigenvalue weighted by molar-refractivity contribution is -0.137. The summed E-state index contributed by atoms with van der Waals surface area (Å²) in [6.07, 6.45) is -3.23. The van der Waals surface area contributed by atoms with Crippen LogP contribution in [0.4, 0.5) is 17.6 Å². The van der Waals surface area contributed by atoms with Crippen LogP contribution >= 0.6 is 0 Å². The highest BCUT2D eigenvalue weighted by Crippen LogP contribution is 2.29. The summed E-state index contributed by atoms with van der Waals surface area (Å²) in [5.41, 5.74) is -0.182. The number of alkyl halides is 3. The molecule has 110 valence electrons. The fraction of sp³-hybridized carbons (Fsp3) is 0.133. The SMILES string of the molecule is Fc1ccccc1C=NOCc1cccc(C(F)(F)F)c1. The molecule has 2 aromatic carbocycles. The van der Waals surface area contributed by atoms with Crippen LogP contribution in [0.2, 0.25) is 0 Å². The molecule has 0 saturated carbocycles. The van der Waals surface area contributed by atoms with Gasteiger partial charge in [0.05, 0.1) is 11.8 Å². The van der Waals surface area contributed by atoms with Crippen LogP contribution in [-0.2, 0) is 17.6 Å². The normalized spacial score (nSPS) is 11.8. The van der Waals surface area contributed by atoms with Crippen molar-refractivity contribution in [1.82, 2.24) is 0 Å². The molecular weight excluding hydrogens is 286 g/mol. The van der Waals surface area contributed by atoms with Crippen LogP contribution in [-0.4, -0.2) is 6.21 Å². The van der Waals surface area contributed by atoms with Gasteiger partial charge >= 0.3 is 6.18 Å². The van der Waals surface area contributed by atoms with Gasteiger partial charge in [0.15, 0.2) is 0 Å². The number of rotatable bonds is 4. The lowest BCUT2D eigenvalue weighted by Gasteiger charge is -2.07. The molecule has 0 aromatic heterocycles. The number of nitrogens with zero attached hydrogens (tertiary/aromatic N) is 1. The number of hydrogen-bond donors (Lipinski definition) is 0. The maximum Gasteiger partial charge on any atom is 0.416 e. The highest BCUT2D eigenvalue weighted by Gasteiger charge is 2.30. The van der Waals surface area contributed by atoms with E-state index >= 15 is 0 Å². The minimum atomic E-state index is -4.40. The Labute approximate surface area is 118 Å². The highest BCUT2D eigenvalue weighted by molar-refractivity contribution is 5.79. The summed E-state index contributed by atoms with van der Waals surface area (Å²) in [6.45, 7) is -0.130. The van der Waals surface area contributed by atoms with Crippen LogP contribution < -0.4 is 0 Å². The highest BCUT2D eigenvalue weighted by atomic mass is 19.4. The molecule has 21 heavy (non-hydrogen) atoms. The van der Waals surface area contributed by atoms with Crippen LogP contribution in [0.5, 0.6) is 0 Å². The number of benzene rings is 2. The second kappa shape index (κ2) is 6.39. The Morgan fingerprint density at radius 1 is 1.05 bits per heavy atom. The van der Waals surface area contributed by atoms with Crippen molar-refractivity contribution >= 4 is 6.21 Å². The lowest BCUT2D eigenvalue weighted by atomic mass is 10.1. The minimum absolute atomic E-state index is 0.130. The Morgan fingerprint density at radius 2 is 1.81 bits per heavy atom. The average Bonchev–Trinajstić information content (AvgIpc) is 2.45. The zero-order valence-corrected chi connectivity index (χ0v) is 10.8. The topological polar surface area (TPSA) is 21.6 Å². The van der Waals surface area contributed by atoms with E-state index in [0.717, 1.165) is 12.1 Å². The summed E-state index contributed by atoms with van der Waals surface area (Å²) in [5, 5.41) is 3.54. The van der Waals surface area contributed by atoms with Crippen molar-refractivity contribution in [2.75, 3.05) is 0 Å². The Morgan fingerprint density at radius 3 is 2.52 bits per heavy atom. The molecule has 0 fully saturated rings. The van der Waals surface area contributed by atoms with Crippen molar-refractivity contribution in [2.24, 2.45) is 5.16 Å². The van der Waals surface area contributed by atoms with Gasteiger partial charge in [-0.05, 0) is 23.8 Å². The maximum absolute atomic E-state index is 13.3. The van der Waals surface area contributed by atoms with E-state index in [9.17, 15) is 17.6 Å². The molecule has 0 aliphatic rings. The minimum Gasteiger partial charge on any atom is -0.391 e. The third-order valence-electron chi connectivity index (χ3n) is 2.66. The maximum atomic E-state index is 13.3. The van der Waals surface area contributed by atoms with E-state index in [2.05, 4.69) is 5.16 Å². The van der Waals surface area contributed by atoms with Crippen molar-refractivity contribution in [3.63, 3.8) is 0 Å². The summed E-state index contributed by atoms with van der Waals surface area (Å²) in [7, 11) is 0. The molecule has 0 atom stereocenters. The van der Waals surface area contributed by atoms with Crippen LogP contribution in [0.25, 0.3) is 0 Å². The lowest BCUT2D eigenvalue weighted by Crippen LogP contribution is -2.05. The second-order valence-corrected chi connectivity index (χ2v) is 4.23. The van der Waals surface area contributed by atoms with E-state index < -0.39 is 17.6 Å². The third-order valence-corrected chi connectivity index (χ3v) is 2.66. The van der Waals surface area contributed by atoms with Gasteiger partial charge in [-0.25, -0.2) is 4.39 Å². The van der Waals surface area contributed by atoms with Crippen LogP contribution in [0.15, 0.2) is 53.7 Å². The molecule has 6 heteroatoms. The second-order valence-electron chi connectivity index (χ2n) is 4.23. The van der Waals surface area contributed by atoms with E-state index in [-0.39, 0.29) is 12.2 Å². The average molecular weight is 297 g/mol. The molecule has 2 aromatic rings. The first-order chi connectivity index (χ1) is 9.97. The molecule has 0 N–H and O–H groups in total. The zero-order valence-electron chi connectivity index (χ0n) is 10.8. The fourth-order valence-corrected chi connectivity index (χ4v) is 1.62. The first kappa shape index (κ1) is 15.0. The molecule has 0 amide bonds. The van der Waals surface area contributed by atoms with Crippen LogP contribution in [0.1, 0.15) is 16.7 Å². The first-order valence-electron chi connectivity index (χ1n) is 6.03. The Bertz CT molecular complexity index is 638. The van der Waals surface area contributed by atoms with Crippen molar-refractivity contribution in [1.29, 1.82) is 0 Å². The molecule has 0 unspecified atom stereocenters. The van der Waals surface area contributed by atoms with Gasteiger partial charge in [0.1, 0.15) is 12.4 Å². The fourth-order valence-electron chi connectivity index (χ4n) is 1.62. The largest absolute Gasteiger partial charge is 0.416 e.